The molecule has 1 aliphatic rings. The van der Waals surface area contributed by atoms with Crippen LogP contribution in [0.5, 0.6) is 0 Å². The van der Waals surface area contributed by atoms with Crippen LogP contribution in [0.3, 0.4) is 0 Å². The molecule has 4 heteroatoms. The molecule has 0 aromatic heterocycles. The first-order valence-electron chi connectivity index (χ1n) is 7.46. The highest BCUT2D eigenvalue weighted by molar-refractivity contribution is 5.68. The van der Waals surface area contributed by atoms with Crippen molar-refractivity contribution in [3.63, 3.8) is 0 Å². The molecule has 20 heavy (non-hydrogen) atoms. The third-order valence-electron chi connectivity index (χ3n) is 3.35. The summed E-state index contributed by atoms with van der Waals surface area (Å²) in [6, 6.07) is 0.330. The van der Waals surface area contributed by atoms with Gasteiger partial charge >= 0.3 is 6.09 Å². The Bertz CT molecular complexity index is 354. The van der Waals surface area contributed by atoms with E-state index in [1.165, 1.54) is 0 Å². The number of ether oxygens (including phenoxy) is 1. The van der Waals surface area contributed by atoms with Gasteiger partial charge in [0.05, 0.1) is 0 Å². The van der Waals surface area contributed by atoms with Crippen molar-refractivity contribution in [2.75, 3.05) is 19.6 Å². The van der Waals surface area contributed by atoms with E-state index in [9.17, 15) is 4.79 Å². The van der Waals surface area contributed by atoms with Gasteiger partial charge in [0, 0.05) is 25.6 Å². The van der Waals surface area contributed by atoms with Gasteiger partial charge in [-0.1, -0.05) is 0 Å². The largest absolute Gasteiger partial charge is 0.444 e. The fraction of sp³-hybridized carbons (Fsp3) is 0.812. The molecule has 0 saturated carbocycles. The summed E-state index contributed by atoms with van der Waals surface area (Å²) in [7, 11) is 0. The lowest BCUT2D eigenvalue weighted by atomic mass is 9.98. The van der Waals surface area contributed by atoms with Gasteiger partial charge in [-0.15, -0.1) is 12.3 Å². The van der Waals surface area contributed by atoms with Gasteiger partial charge in [-0.2, -0.15) is 0 Å². The van der Waals surface area contributed by atoms with Crippen LogP contribution >= 0.6 is 0 Å². The number of nitrogens with one attached hydrogen (secondary N) is 1. The van der Waals surface area contributed by atoms with E-state index in [0.717, 1.165) is 38.9 Å². The molecule has 0 aromatic rings. The number of nitrogens with zero attached hydrogens (tertiary/aromatic N) is 1. The monoisotopic (exact) mass is 280 g/mol. The third kappa shape index (κ3) is 6.29. The molecule has 1 N–H and O–H groups in total. The summed E-state index contributed by atoms with van der Waals surface area (Å²) in [6.07, 6.45) is 8.03. The maximum absolute atomic E-state index is 12.1. The Hall–Kier alpha value is -1.21. The number of terminal acetylenes is 1. The molecule has 1 fully saturated rings. The highest BCUT2D eigenvalue weighted by atomic mass is 16.6. The molecule has 1 aliphatic heterocycles. The van der Waals surface area contributed by atoms with E-state index in [1.54, 1.807) is 0 Å². The summed E-state index contributed by atoms with van der Waals surface area (Å²) < 4.78 is 5.43. The van der Waals surface area contributed by atoms with Crippen molar-refractivity contribution >= 4 is 6.09 Å². The van der Waals surface area contributed by atoms with Crippen molar-refractivity contribution in [1.29, 1.82) is 0 Å². The smallest absolute Gasteiger partial charge is 0.410 e. The van der Waals surface area contributed by atoms with Crippen LogP contribution in [0.15, 0.2) is 0 Å². The molecule has 0 aliphatic carbocycles. The number of rotatable bonds is 4. The minimum Gasteiger partial charge on any atom is -0.444 e. The molecule has 0 spiro atoms. The predicted octanol–water partition coefficient (Wildman–Crippen LogP) is 2.63. The number of piperidine rings is 1. The second kappa shape index (κ2) is 7.54. The standard InChI is InChI=1S/C16H28N2O2/c1-6-8-13(2)17-11-14-9-7-10-18(12-14)15(19)20-16(3,4)5/h1,13-14,17H,7-12H2,2-5H3. The number of hydrogen-bond acceptors (Lipinski definition) is 3. The summed E-state index contributed by atoms with van der Waals surface area (Å²) in [5.74, 6) is 3.14. The van der Waals surface area contributed by atoms with Crippen molar-refractivity contribution in [3.05, 3.63) is 0 Å². The van der Waals surface area contributed by atoms with Gasteiger partial charge in [0.15, 0.2) is 0 Å². The molecule has 0 bridgehead atoms. The summed E-state index contributed by atoms with van der Waals surface area (Å²) in [6.45, 7) is 10.3. The van der Waals surface area contributed by atoms with Gasteiger partial charge in [-0.25, -0.2) is 4.79 Å². The van der Waals surface area contributed by atoms with Crippen LogP contribution in [0.1, 0.15) is 47.0 Å². The summed E-state index contributed by atoms with van der Waals surface area (Å²) in [5.41, 5.74) is -0.427. The first-order chi connectivity index (χ1) is 9.31. The zero-order valence-corrected chi connectivity index (χ0v) is 13.2. The van der Waals surface area contributed by atoms with Crippen LogP contribution in [-0.4, -0.2) is 42.3 Å². The lowest BCUT2D eigenvalue weighted by molar-refractivity contribution is 0.0165. The Morgan fingerprint density at radius 2 is 2.25 bits per heavy atom. The average molecular weight is 280 g/mol. The normalized spacial score (nSPS) is 21.1. The van der Waals surface area contributed by atoms with Crippen molar-refractivity contribution in [1.82, 2.24) is 10.2 Å². The number of likely N-dealkylation sites (tertiary alicyclic amines) is 1. The van der Waals surface area contributed by atoms with Crippen LogP contribution in [0.4, 0.5) is 4.79 Å². The maximum Gasteiger partial charge on any atom is 0.410 e. The first-order valence-corrected chi connectivity index (χ1v) is 7.46. The molecule has 4 nitrogen and oxygen atoms in total. The Balaban J connectivity index is 2.39. The topological polar surface area (TPSA) is 41.6 Å². The Kier molecular flexibility index (Phi) is 6.35. The van der Waals surface area contributed by atoms with Crippen LogP contribution < -0.4 is 5.32 Å². The molecule has 0 radical (unpaired) electrons. The molecular weight excluding hydrogens is 252 g/mol. The molecule has 1 amide bonds. The molecule has 2 unspecified atom stereocenters. The minimum absolute atomic E-state index is 0.195. The summed E-state index contributed by atoms with van der Waals surface area (Å²) in [4.78, 5) is 13.9. The molecule has 1 rings (SSSR count). The van der Waals surface area contributed by atoms with E-state index in [4.69, 9.17) is 11.2 Å². The zero-order valence-electron chi connectivity index (χ0n) is 13.2. The van der Waals surface area contributed by atoms with Gasteiger partial charge in [0.25, 0.3) is 0 Å². The van der Waals surface area contributed by atoms with E-state index in [0.29, 0.717) is 12.0 Å². The fourth-order valence-corrected chi connectivity index (χ4v) is 2.34. The molecule has 114 valence electrons. The van der Waals surface area contributed by atoms with Crippen molar-refractivity contribution < 1.29 is 9.53 Å². The highest BCUT2D eigenvalue weighted by Crippen LogP contribution is 2.19. The van der Waals surface area contributed by atoms with Gasteiger partial charge < -0.3 is 15.0 Å². The Morgan fingerprint density at radius 3 is 2.85 bits per heavy atom. The molecule has 2 atom stereocenters. The minimum atomic E-state index is -0.427. The maximum atomic E-state index is 12.1. The van der Waals surface area contributed by atoms with E-state index >= 15 is 0 Å². The summed E-state index contributed by atoms with van der Waals surface area (Å²) >= 11 is 0. The zero-order chi connectivity index (χ0) is 15.2. The number of hydrogen-bond donors (Lipinski definition) is 1. The molecule has 1 heterocycles. The summed E-state index contributed by atoms with van der Waals surface area (Å²) in [5, 5.41) is 3.44. The van der Waals surface area contributed by atoms with Gasteiger partial charge in [-0.05, 0) is 53.0 Å². The molecule has 0 aromatic carbocycles. The number of carbonyl (C=O) groups excluding carboxylic acids is 1. The van der Waals surface area contributed by atoms with Crippen LogP contribution in [0.25, 0.3) is 0 Å². The SMILES string of the molecule is C#CCC(C)NCC1CCCN(C(=O)OC(C)(C)C)C1. The van der Waals surface area contributed by atoms with Crippen molar-refractivity contribution in [3.8, 4) is 12.3 Å². The Labute approximate surface area is 123 Å². The van der Waals surface area contributed by atoms with Crippen LogP contribution in [0, 0.1) is 18.3 Å². The predicted molar refractivity (Wildman–Crippen MR) is 81.4 cm³/mol. The van der Waals surface area contributed by atoms with Crippen LogP contribution in [0.2, 0.25) is 0 Å². The number of amides is 1. The first kappa shape index (κ1) is 16.8. The van der Waals surface area contributed by atoms with Crippen molar-refractivity contribution in [2.24, 2.45) is 5.92 Å². The second-order valence-corrected chi connectivity index (χ2v) is 6.65. The van der Waals surface area contributed by atoms with Gasteiger partial charge in [-0.3, -0.25) is 0 Å². The van der Waals surface area contributed by atoms with E-state index in [-0.39, 0.29) is 6.09 Å². The van der Waals surface area contributed by atoms with Gasteiger partial charge in [0.2, 0.25) is 0 Å². The fourth-order valence-electron chi connectivity index (χ4n) is 2.34. The van der Waals surface area contributed by atoms with E-state index in [1.807, 2.05) is 25.7 Å². The average Bonchev–Trinajstić information content (AvgIpc) is 2.35. The Morgan fingerprint density at radius 1 is 1.55 bits per heavy atom. The lowest BCUT2D eigenvalue weighted by Crippen LogP contribution is -2.45. The quantitative estimate of drug-likeness (QED) is 0.805. The van der Waals surface area contributed by atoms with E-state index in [2.05, 4.69) is 18.2 Å². The third-order valence-corrected chi connectivity index (χ3v) is 3.35. The van der Waals surface area contributed by atoms with Crippen LogP contribution in [-0.2, 0) is 4.74 Å². The second-order valence-electron chi connectivity index (χ2n) is 6.65. The molecular formula is C16H28N2O2. The lowest BCUT2D eigenvalue weighted by Gasteiger charge is -2.34. The highest BCUT2D eigenvalue weighted by Gasteiger charge is 2.27. The molecule has 1 saturated heterocycles. The number of carbonyl (C=O) groups is 1. The van der Waals surface area contributed by atoms with Crippen molar-refractivity contribution in [2.45, 2.75) is 58.6 Å². The van der Waals surface area contributed by atoms with E-state index < -0.39 is 5.60 Å². The van der Waals surface area contributed by atoms with Gasteiger partial charge in [0.1, 0.15) is 5.60 Å².